The molecule has 0 aliphatic heterocycles. The Morgan fingerprint density at radius 1 is 1.11 bits per heavy atom. The van der Waals surface area contributed by atoms with Crippen molar-refractivity contribution in [3.63, 3.8) is 0 Å². The molecule has 100 valence electrons. The Bertz CT molecular complexity index is 575. The first-order valence-electron chi connectivity index (χ1n) is 5.76. The number of nitrogens with two attached hydrogens (primary N) is 1. The van der Waals surface area contributed by atoms with Crippen LogP contribution in [0.2, 0.25) is 10.0 Å². The molecule has 0 spiro atoms. The quantitative estimate of drug-likeness (QED) is 0.664. The van der Waals surface area contributed by atoms with Crippen LogP contribution in [0, 0.1) is 5.82 Å². The molecule has 1 atom stereocenters. The van der Waals surface area contributed by atoms with E-state index in [1.165, 1.54) is 18.2 Å². The second-order valence-electron chi connectivity index (χ2n) is 4.18. The second kappa shape index (κ2) is 6.35. The predicted molar refractivity (Wildman–Crippen MR) is 76.6 cm³/mol. The van der Waals surface area contributed by atoms with Gasteiger partial charge in [0.2, 0.25) is 0 Å². The molecule has 3 N–H and O–H groups in total. The van der Waals surface area contributed by atoms with Gasteiger partial charge in [0.05, 0.1) is 6.04 Å². The number of benzene rings is 2. The summed E-state index contributed by atoms with van der Waals surface area (Å²) in [6.07, 6.45) is 0.527. The normalized spacial score (nSPS) is 12.4. The monoisotopic (exact) mass is 298 g/mol. The van der Waals surface area contributed by atoms with Gasteiger partial charge in [-0.3, -0.25) is 11.3 Å². The van der Waals surface area contributed by atoms with Gasteiger partial charge < -0.3 is 0 Å². The van der Waals surface area contributed by atoms with Crippen LogP contribution in [0.5, 0.6) is 0 Å². The Balaban J connectivity index is 2.30. The summed E-state index contributed by atoms with van der Waals surface area (Å²) in [4.78, 5) is 0. The lowest BCUT2D eigenvalue weighted by molar-refractivity contribution is 0.545. The molecule has 0 saturated heterocycles. The molecule has 0 aliphatic rings. The molecule has 2 rings (SSSR count). The van der Waals surface area contributed by atoms with Crippen molar-refractivity contribution >= 4 is 23.2 Å². The summed E-state index contributed by atoms with van der Waals surface area (Å²) in [5, 5.41) is 1.12. The lowest BCUT2D eigenvalue weighted by atomic mass is 9.99. The summed E-state index contributed by atoms with van der Waals surface area (Å²) >= 11 is 12.2. The van der Waals surface area contributed by atoms with E-state index < -0.39 is 0 Å². The Hall–Kier alpha value is -1.13. The molecule has 0 heterocycles. The van der Waals surface area contributed by atoms with Gasteiger partial charge in [0.15, 0.2) is 0 Å². The number of halogens is 3. The van der Waals surface area contributed by atoms with E-state index in [4.69, 9.17) is 29.0 Å². The molecular weight excluding hydrogens is 286 g/mol. The number of nitrogens with one attached hydrogen (secondary N) is 1. The van der Waals surface area contributed by atoms with Gasteiger partial charge in [-0.15, -0.1) is 0 Å². The van der Waals surface area contributed by atoms with Crippen molar-refractivity contribution in [1.29, 1.82) is 0 Å². The molecule has 0 saturated carbocycles. The van der Waals surface area contributed by atoms with E-state index in [9.17, 15) is 4.39 Å². The number of hydrazine groups is 1. The molecule has 0 radical (unpaired) electrons. The van der Waals surface area contributed by atoms with Crippen LogP contribution in [0.3, 0.4) is 0 Å². The molecule has 0 amide bonds. The van der Waals surface area contributed by atoms with Crippen LogP contribution in [0.4, 0.5) is 4.39 Å². The maximum Gasteiger partial charge on any atom is 0.123 e. The first kappa shape index (κ1) is 14.3. The third kappa shape index (κ3) is 3.45. The summed E-state index contributed by atoms with van der Waals surface area (Å²) in [6.45, 7) is 0. The summed E-state index contributed by atoms with van der Waals surface area (Å²) in [5.74, 6) is 5.20. The summed E-state index contributed by atoms with van der Waals surface area (Å²) in [5.41, 5.74) is 4.19. The highest BCUT2D eigenvalue weighted by molar-refractivity contribution is 6.31. The van der Waals surface area contributed by atoms with Gasteiger partial charge in [-0.05, 0) is 41.8 Å². The number of hydrogen-bond acceptors (Lipinski definition) is 2. The minimum Gasteiger partial charge on any atom is -0.271 e. The fraction of sp³-hybridized carbons (Fsp3) is 0.143. The van der Waals surface area contributed by atoms with E-state index in [-0.39, 0.29) is 11.9 Å². The summed E-state index contributed by atoms with van der Waals surface area (Å²) < 4.78 is 13.3. The SMILES string of the molecule is NNC(Cc1ccccc1Cl)c1cc(F)ccc1Cl. The van der Waals surface area contributed by atoms with Crippen LogP contribution in [0.25, 0.3) is 0 Å². The molecule has 2 nitrogen and oxygen atoms in total. The van der Waals surface area contributed by atoms with Gasteiger partial charge in [-0.1, -0.05) is 41.4 Å². The summed E-state index contributed by atoms with van der Waals surface area (Å²) in [7, 11) is 0. The third-order valence-corrected chi connectivity index (χ3v) is 3.63. The average molecular weight is 299 g/mol. The standard InChI is InChI=1S/C14H13Cl2FN2/c15-12-4-2-1-3-9(12)7-14(19-18)11-8-10(17)5-6-13(11)16/h1-6,8,14,19H,7,18H2. The van der Waals surface area contributed by atoms with E-state index >= 15 is 0 Å². The fourth-order valence-electron chi connectivity index (χ4n) is 1.92. The van der Waals surface area contributed by atoms with Gasteiger partial charge in [-0.2, -0.15) is 0 Å². The van der Waals surface area contributed by atoms with Crippen LogP contribution in [-0.4, -0.2) is 0 Å². The minimum atomic E-state index is -0.348. The Labute approximate surface area is 121 Å². The van der Waals surface area contributed by atoms with Gasteiger partial charge >= 0.3 is 0 Å². The van der Waals surface area contributed by atoms with Crippen LogP contribution in [-0.2, 0) is 6.42 Å². The largest absolute Gasteiger partial charge is 0.271 e. The van der Waals surface area contributed by atoms with Crippen LogP contribution < -0.4 is 11.3 Å². The third-order valence-electron chi connectivity index (χ3n) is 2.92. The van der Waals surface area contributed by atoms with Crippen molar-refractivity contribution in [2.45, 2.75) is 12.5 Å². The van der Waals surface area contributed by atoms with Gasteiger partial charge in [0.1, 0.15) is 5.82 Å². The molecule has 0 fully saturated rings. The maximum absolute atomic E-state index is 13.3. The topological polar surface area (TPSA) is 38.0 Å². The van der Waals surface area contributed by atoms with Crippen molar-refractivity contribution in [3.8, 4) is 0 Å². The smallest absolute Gasteiger partial charge is 0.123 e. The van der Waals surface area contributed by atoms with Gasteiger partial charge in [0, 0.05) is 10.0 Å². The van der Waals surface area contributed by atoms with Crippen LogP contribution in [0.1, 0.15) is 17.2 Å². The maximum atomic E-state index is 13.3. The van der Waals surface area contributed by atoms with E-state index in [0.717, 1.165) is 5.56 Å². The fourth-order valence-corrected chi connectivity index (χ4v) is 2.39. The van der Waals surface area contributed by atoms with Crippen LogP contribution >= 0.6 is 23.2 Å². The minimum absolute atomic E-state index is 0.303. The molecule has 2 aromatic rings. The van der Waals surface area contributed by atoms with Gasteiger partial charge in [0.25, 0.3) is 0 Å². The first-order valence-corrected chi connectivity index (χ1v) is 6.52. The molecule has 2 aromatic carbocycles. The molecule has 0 aromatic heterocycles. The zero-order valence-electron chi connectivity index (χ0n) is 10.0. The molecule has 19 heavy (non-hydrogen) atoms. The molecule has 0 aliphatic carbocycles. The van der Waals surface area contributed by atoms with Gasteiger partial charge in [-0.25, -0.2) is 4.39 Å². The average Bonchev–Trinajstić information content (AvgIpc) is 2.41. The molecule has 5 heteroatoms. The highest BCUT2D eigenvalue weighted by Gasteiger charge is 2.16. The van der Waals surface area contributed by atoms with Crippen molar-refractivity contribution in [2.75, 3.05) is 0 Å². The zero-order chi connectivity index (χ0) is 13.8. The van der Waals surface area contributed by atoms with E-state index in [0.29, 0.717) is 22.0 Å². The molecule has 1 unspecified atom stereocenters. The second-order valence-corrected chi connectivity index (χ2v) is 5.00. The van der Waals surface area contributed by atoms with E-state index in [1.807, 2.05) is 18.2 Å². The molecule has 0 bridgehead atoms. The zero-order valence-corrected chi connectivity index (χ0v) is 11.5. The van der Waals surface area contributed by atoms with E-state index in [1.54, 1.807) is 6.07 Å². The predicted octanol–water partition coefficient (Wildman–Crippen LogP) is 3.88. The Morgan fingerprint density at radius 2 is 1.84 bits per heavy atom. The van der Waals surface area contributed by atoms with Crippen molar-refractivity contribution in [3.05, 3.63) is 69.5 Å². The number of hydrogen-bond donors (Lipinski definition) is 2. The first-order chi connectivity index (χ1) is 9.11. The highest BCUT2D eigenvalue weighted by Crippen LogP contribution is 2.28. The van der Waals surface area contributed by atoms with Crippen molar-refractivity contribution in [2.24, 2.45) is 5.84 Å². The van der Waals surface area contributed by atoms with Crippen molar-refractivity contribution < 1.29 is 4.39 Å². The van der Waals surface area contributed by atoms with Crippen molar-refractivity contribution in [1.82, 2.24) is 5.43 Å². The number of rotatable bonds is 4. The summed E-state index contributed by atoms with van der Waals surface area (Å²) in [6, 6.07) is 11.4. The van der Waals surface area contributed by atoms with Crippen LogP contribution in [0.15, 0.2) is 42.5 Å². The molecular formula is C14H13Cl2FN2. The lowest BCUT2D eigenvalue weighted by Crippen LogP contribution is -2.30. The Kier molecular flexibility index (Phi) is 4.77. The Morgan fingerprint density at radius 3 is 2.53 bits per heavy atom. The highest BCUT2D eigenvalue weighted by atomic mass is 35.5. The van der Waals surface area contributed by atoms with E-state index in [2.05, 4.69) is 5.43 Å². The lowest BCUT2D eigenvalue weighted by Gasteiger charge is -2.18.